The Morgan fingerprint density at radius 1 is 1.12 bits per heavy atom. The Labute approximate surface area is 147 Å². The monoisotopic (exact) mass is 370 g/mol. The third kappa shape index (κ3) is 4.53. The first kappa shape index (κ1) is 19.3. The summed E-state index contributed by atoms with van der Waals surface area (Å²) in [6.07, 6.45) is -3.04. The van der Waals surface area contributed by atoms with Gasteiger partial charge in [0.05, 0.1) is 0 Å². The van der Waals surface area contributed by atoms with Gasteiger partial charge in [-0.25, -0.2) is 9.67 Å². The Hall–Kier alpha value is -3.02. The van der Waals surface area contributed by atoms with E-state index in [0.717, 1.165) is 17.9 Å². The molecule has 0 aliphatic carbocycles. The van der Waals surface area contributed by atoms with Gasteiger partial charge in [-0.15, -0.1) is 5.10 Å². The fraction of sp³-hybridized carbons (Fsp3) is 0.571. The highest BCUT2D eigenvalue weighted by molar-refractivity contribution is 5.88. The van der Waals surface area contributed by atoms with Crippen LogP contribution in [0.1, 0.15) is 37.6 Å². The van der Waals surface area contributed by atoms with E-state index in [-0.39, 0.29) is 12.4 Å². The van der Waals surface area contributed by atoms with E-state index in [1.54, 1.807) is 0 Å². The molecule has 1 aromatic heterocycles. The Balaban J connectivity index is 2.33. The van der Waals surface area contributed by atoms with Crippen LogP contribution in [-0.4, -0.2) is 63.5 Å². The van der Waals surface area contributed by atoms with Gasteiger partial charge in [0.15, 0.2) is 18.4 Å². The molecule has 0 radical (unpaired) electrons. The normalized spacial score (nSPS) is 24.7. The molecular weight excluding hydrogens is 352 g/mol. The molecular formula is C14H18N4O8. The molecule has 0 spiro atoms. The number of carbonyl (C=O) groups excluding carboxylic acids is 4. The van der Waals surface area contributed by atoms with Crippen molar-refractivity contribution in [2.24, 2.45) is 5.73 Å². The Morgan fingerprint density at radius 3 is 2.23 bits per heavy atom. The number of nitrogens with two attached hydrogens (primary N) is 1. The lowest BCUT2D eigenvalue weighted by molar-refractivity contribution is -0.166. The second-order valence-electron chi connectivity index (χ2n) is 5.43. The smallest absolute Gasteiger partial charge is 0.303 e. The quantitative estimate of drug-likeness (QED) is 0.470. The van der Waals surface area contributed by atoms with Crippen molar-refractivity contribution < 1.29 is 38.1 Å². The molecule has 142 valence electrons. The van der Waals surface area contributed by atoms with Crippen molar-refractivity contribution in [1.82, 2.24) is 14.8 Å². The van der Waals surface area contributed by atoms with Gasteiger partial charge in [0.25, 0.3) is 5.91 Å². The van der Waals surface area contributed by atoms with Gasteiger partial charge >= 0.3 is 17.9 Å². The molecule has 12 nitrogen and oxygen atoms in total. The highest BCUT2D eigenvalue weighted by atomic mass is 16.7. The second-order valence-corrected chi connectivity index (χ2v) is 5.43. The zero-order chi connectivity index (χ0) is 19.4. The lowest BCUT2D eigenvalue weighted by Gasteiger charge is -2.23. The molecule has 0 bridgehead atoms. The van der Waals surface area contributed by atoms with Crippen molar-refractivity contribution in [2.45, 2.75) is 45.3 Å². The fourth-order valence-electron chi connectivity index (χ4n) is 2.42. The summed E-state index contributed by atoms with van der Waals surface area (Å²) < 4.78 is 22.1. The molecule has 2 rings (SSSR count). The van der Waals surface area contributed by atoms with Crippen LogP contribution < -0.4 is 5.73 Å². The lowest BCUT2D eigenvalue weighted by atomic mass is 10.1. The first-order valence-electron chi connectivity index (χ1n) is 7.53. The summed E-state index contributed by atoms with van der Waals surface area (Å²) in [5.41, 5.74) is 5.11. The van der Waals surface area contributed by atoms with Gasteiger partial charge in [-0.1, -0.05) is 0 Å². The van der Waals surface area contributed by atoms with E-state index in [9.17, 15) is 19.2 Å². The van der Waals surface area contributed by atoms with E-state index in [0.29, 0.717) is 0 Å². The van der Waals surface area contributed by atoms with Crippen molar-refractivity contribution in [1.29, 1.82) is 0 Å². The number of rotatable bonds is 6. The lowest BCUT2D eigenvalue weighted by Crippen LogP contribution is -2.40. The number of hydrogen-bond acceptors (Lipinski definition) is 10. The minimum absolute atomic E-state index is 0.251. The average Bonchev–Trinajstić information content (AvgIpc) is 3.11. The predicted octanol–water partition coefficient (Wildman–Crippen LogP) is -1.30. The number of carbonyl (C=O) groups is 4. The van der Waals surface area contributed by atoms with E-state index >= 15 is 0 Å². The van der Waals surface area contributed by atoms with Crippen LogP contribution in [0.4, 0.5) is 0 Å². The Kier molecular flexibility index (Phi) is 5.87. The first-order valence-corrected chi connectivity index (χ1v) is 7.53. The predicted molar refractivity (Wildman–Crippen MR) is 80.2 cm³/mol. The molecule has 2 heterocycles. The molecule has 2 N–H and O–H groups in total. The van der Waals surface area contributed by atoms with E-state index in [1.165, 1.54) is 13.8 Å². The van der Waals surface area contributed by atoms with Crippen LogP contribution in [-0.2, 0) is 33.3 Å². The number of amides is 1. The summed E-state index contributed by atoms with van der Waals surface area (Å²) in [5.74, 6) is -3.02. The fourth-order valence-corrected chi connectivity index (χ4v) is 2.42. The van der Waals surface area contributed by atoms with E-state index in [2.05, 4.69) is 10.1 Å². The molecule has 26 heavy (non-hydrogen) atoms. The molecule has 1 amide bonds. The van der Waals surface area contributed by atoms with Gasteiger partial charge in [-0.3, -0.25) is 19.2 Å². The highest BCUT2D eigenvalue weighted by Gasteiger charge is 2.51. The number of esters is 3. The maximum atomic E-state index is 11.5. The third-order valence-electron chi connectivity index (χ3n) is 3.33. The van der Waals surface area contributed by atoms with Crippen LogP contribution in [0.15, 0.2) is 6.33 Å². The molecule has 12 heteroatoms. The van der Waals surface area contributed by atoms with Gasteiger partial charge in [-0.05, 0) is 0 Å². The summed E-state index contributed by atoms with van der Waals surface area (Å²) in [5, 5.41) is 3.86. The van der Waals surface area contributed by atoms with Crippen LogP contribution in [0.25, 0.3) is 0 Å². The van der Waals surface area contributed by atoms with Crippen molar-refractivity contribution >= 4 is 23.8 Å². The Morgan fingerprint density at radius 2 is 1.73 bits per heavy atom. The SMILES string of the molecule is CC(=O)OC[C@H]1O[C@@H](n2cnc(C(N)=O)n2)[C@@H](OC(C)=O)C1OC(C)=O. The minimum atomic E-state index is -1.11. The number of hydrogen-bond donors (Lipinski definition) is 1. The van der Waals surface area contributed by atoms with Gasteiger partial charge in [0, 0.05) is 20.8 Å². The van der Waals surface area contributed by atoms with Gasteiger partial charge in [-0.2, -0.15) is 0 Å². The molecule has 1 aliphatic heterocycles. The molecule has 0 aromatic carbocycles. The molecule has 0 saturated carbocycles. The van der Waals surface area contributed by atoms with Crippen molar-refractivity contribution in [3.63, 3.8) is 0 Å². The summed E-state index contributed by atoms with van der Waals surface area (Å²) in [6.45, 7) is 3.28. The molecule has 1 unspecified atom stereocenters. The molecule has 1 aromatic rings. The van der Waals surface area contributed by atoms with Crippen molar-refractivity contribution in [2.75, 3.05) is 6.61 Å². The van der Waals surface area contributed by atoms with Crippen LogP contribution in [0.2, 0.25) is 0 Å². The number of nitrogens with zero attached hydrogens (tertiary/aromatic N) is 3. The summed E-state index contributed by atoms with van der Waals surface area (Å²) in [6, 6.07) is 0. The van der Waals surface area contributed by atoms with E-state index in [1.807, 2.05) is 0 Å². The minimum Gasteiger partial charge on any atom is -0.463 e. The van der Waals surface area contributed by atoms with Gasteiger partial charge < -0.3 is 24.7 Å². The Bertz CT molecular complexity index is 718. The van der Waals surface area contributed by atoms with Crippen LogP contribution in [0.3, 0.4) is 0 Å². The molecule has 1 aliphatic rings. The summed E-state index contributed by atoms with van der Waals surface area (Å²) >= 11 is 0. The van der Waals surface area contributed by atoms with Crippen LogP contribution in [0.5, 0.6) is 0 Å². The third-order valence-corrected chi connectivity index (χ3v) is 3.33. The summed E-state index contributed by atoms with van der Waals surface area (Å²) in [7, 11) is 0. The topological polar surface area (TPSA) is 162 Å². The van der Waals surface area contributed by atoms with E-state index < -0.39 is 48.4 Å². The highest BCUT2D eigenvalue weighted by Crippen LogP contribution is 2.33. The zero-order valence-corrected chi connectivity index (χ0v) is 14.3. The summed E-state index contributed by atoms with van der Waals surface area (Å²) in [4.78, 5) is 48.9. The van der Waals surface area contributed by atoms with Crippen LogP contribution >= 0.6 is 0 Å². The first-order chi connectivity index (χ1) is 12.2. The largest absolute Gasteiger partial charge is 0.463 e. The zero-order valence-electron chi connectivity index (χ0n) is 14.3. The van der Waals surface area contributed by atoms with Crippen LogP contribution in [0, 0.1) is 0 Å². The number of ether oxygens (including phenoxy) is 4. The average molecular weight is 370 g/mol. The maximum Gasteiger partial charge on any atom is 0.303 e. The molecule has 1 saturated heterocycles. The van der Waals surface area contributed by atoms with Crippen molar-refractivity contribution in [3.8, 4) is 0 Å². The molecule has 1 fully saturated rings. The maximum absolute atomic E-state index is 11.5. The van der Waals surface area contributed by atoms with E-state index in [4.69, 9.17) is 24.7 Å². The van der Waals surface area contributed by atoms with Gasteiger partial charge in [0.1, 0.15) is 19.0 Å². The number of primary amides is 1. The second kappa shape index (κ2) is 7.91. The van der Waals surface area contributed by atoms with Gasteiger partial charge in [0.2, 0.25) is 5.82 Å². The number of aromatic nitrogens is 3. The van der Waals surface area contributed by atoms with Crippen molar-refractivity contribution in [3.05, 3.63) is 12.2 Å². The standard InChI is InChI=1S/C14H18N4O8/c1-6(19)23-4-9-10(24-7(2)20)11(25-8(3)21)14(26-9)18-5-16-13(17-18)12(15)22/h5,9-11,14H,4H2,1-3H3,(H2,15,22)/t9-,10?,11+,14-/m1/s1. The molecule has 4 atom stereocenters.